The van der Waals surface area contributed by atoms with Gasteiger partial charge in [-0.25, -0.2) is 4.98 Å². The number of nitrogens with two attached hydrogens (primary N) is 1. The van der Waals surface area contributed by atoms with Crippen molar-refractivity contribution in [1.82, 2.24) is 4.98 Å². The van der Waals surface area contributed by atoms with Crippen LogP contribution in [-0.4, -0.2) is 11.6 Å². The molecule has 0 spiro atoms. The van der Waals surface area contributed by atoms with Crippen molar-refractivity contribution in [3.63, 3.8) is 0 Å². The fourth-order valence-corrected chi connectivity index (χ4v) is 2.68. The Morgan fingerprint density at radius 2 is 2.00 bits per heavy atom. The van der Waals surface area contributed by atoms with Gasteiger partial charge in [-0.3, -0.25) is 0 Å². The number of nitrogens with zero attached hydrogens (tertiary/aromatic N) is 1. The summed E-state index contributed by atoms with van der Waals surface area (Å²) in [6, 6.07) is 10.2. The number of nitrogen functional groups attached to an aromatic ring is 1. The molecular weight excluding hydrogens is 268 g/mol. The van der Waals surface area contributed by atoms with Crippen LogP contribution in [0.3, 0.4) is 0 Å². The van der Waals surface area contributed by atoms with E-state index in [1.165, 1.54) is 16.0 Å². The van der Waals surface area contributed by atoms with Gasteiger partial charge in [0.15, 0.2) is 0 Å². The van der Waals surface area contributed by atoms with Gasteiger partial charge >= 0.3 is 0 Å². The quantitative estimate of drug-likeness (QED) is 0.895. The zero-order valence-electron chi connectivity index (χ0n) is 12.1. The lowest BCUT2D eigenvalue weighted by Gasteiger charge is -2.10. The summed E-state index contributed by atoms with van der Waals surface area (Å²) in [6.45, 7) is 6.90. The van der Waals surface area contributed by atoms with Crippen molar-refractivity contribution in [1.29, 1.82) is 0 Å². The molecule has 0 amide bonds. The van der Waals surface area contributed by atoms with Gasteiger partial charge in [0.05, 0.1) is 12.3 Å². The Balaban J connectivity index is 2.20. The lowest BCUT2D eigenvalue weighted by molar-refractivity contribution is 0.305. The first-order chi connectivity index (χ1) is 9.60. The van der Waals surface area contributed by atoms with Crippen molar-refractivity contribution < 1.29 is 4.74 Å². The van der Waals surface area contributed by atoms with Crippen molar-refractivity contribution >= 4 is 17.4 Å². The molecule has 4 heteroatoms. The summed E-state index contributed by atoms with van der Waals surface area (Å²) < 4.78 is 5.56. The third-order valence-corrected chi connectivity index (χ3v) is 3.97. The summed E-state index contributed by atoms with van der Waals surface area (Å²) in [4.78, 5) is 5.69. The van der Waals surface area contributed by atoms with Crippen LogP contribution in [0.5, 0.6) is 5.88 Å². The van der Waals surface area contributed by atoms with Gasteiger partial charge in [0.1, 0.15) is 5.03 Å². The van der Waals surface area contributed by atoms with Crippen LogP contribution in [0.25, 0.3) is 0 Å². The van der Waals surface area contributed by atoms with Crippen LogP contribution < -0.4 is 10.5 Å². The molecule has 0 saturated heterocycles. The number of hydrogen-bond donors (Lipinski definition) is 1. The Labute approximate surface area is 124 Å². The smallest absolute Gasteiger partial charge is 0.238 e. The van der Waals surface area contributed by atoms with Crippen LogP contribution in [0.2, 0.25) is 0 Å². The van der Waals surface area contributed by atoms with Crippen LogP contribution >= 0.6 is 11.8 Å². The monoisotopic (exact) mass is 288 g/mol. The summed E-state index contributed by atoms with van der Waals surface area (Å²) in [6.07, 6.45) is 0.940. The van der Waals surface area contributed by atoms with Gasteiger partial charge in [0, 0.05) is 4.90 Å². The number of benzene rings is 1. The van der Waals surface area contributed by atoms with E-state index in [0.717, 1.165) is 11.4 Å². The molecule has 0 fully saturated rings. The highest BCUT2D eigenvalue weighted by molar-refractivity contribution is 7.99. The van der Waals surface area contributed by atoms with Crippen molar-refractivity contribution in [2.45, 2.75) is 37.1 Å². The maximum Gasteiger partial charge on any atom is 0.238 e. The van der Waals surface area contributed by atoms with Crippen molar-refractivity contribution in [3.8, 4) is 5.88 Å². The van der Waals surface area contributed by atoms with Gasteiger partial charge in [0.2, 0.25) is 5.88 Å². The number of aryl methyl sites for hydroxylation is 2. The number of hydrogen-bond acceptors (Lipinski definition) is 4. The topological polar surface area (TPSA) is 48.1 Å². The molecule has 0 aliphatic rings. The van der Waals surface area contributed by atoms with Crippen molar-refractivity contribution in [3.05, 3.63) is 41.5 Å². The first-order valence-electron chi connectivity index (χ1n) is 6.74. The highest BCUT2D eigenvalue weighted by atomic mass is 32.2. The number of rotatable bonds is 5. The molecule has 20 heavy (non-hydrogen) atoms. The highest BCUT2D eigenvalue weighted by Gasteiger charge is 2.07. The van der Waals surface area contributed by atoms with Gasteiger partial charge in [-0.05, 0) is 44.0 Å². The van der Waals surface area contributed by atoms with Gasteiger partial charge in [-0.15, -0.1) is 0 Å². The second-order valence-corrected chi connectivity index (χ2v) is 5.83. The maximum atomic E-state index is 5.88. The SMILES string of the molecule is CCCOc1nc(Sc2ccc(C)cc2C)ccc1N. The predicted molar refractivity (Wildman–Crippen MR) is 84.5 cm³/mol. The second kappa shape index (κ2) is 6.66. The minimum Gasteiger partial charge on any atom is -0.476 e. The maximum absolute atomic E-state index is 5.88. The molecule has 1 aromatic carbocycles. The number of aromatic nitrogens is 1. The van der Waals surface area contributed by atoms with Crippen molar-refractivity contribution in [2.24, 2.45) is 0 Å². The van der Waals surface area contributed by atoms with Crippen LogP contribution in [0.4, 0.5) is 5.69 Å². The molecule has 1 aromatic heterocycles. The number of anilines is 1. The van der Waals surface area contributed by atoms with Gasteiger partial charge in [-0.2, -0.15) is 0 Å². The fourth-order valence-electron chi connectivity index (χ4n) is 1.83. The third kappa shape index (κ3) is 3.67. The van der Waals surface area contributed by atoms with Crippen LogP contribution in [0.15, 0.2) is 40.3 Å². The van der Waals surface area contributed by atoms with Crippen LogP contribution in [-0.2, 0) is 0 Å². The van der Waals surface area contributed by atoms with Crippen LogP contribution in [0, 0.1) is 13.8 Å². The molecule has 2 rings (SSSR count). The molecule has 0 radical (unpaired) electrons. The Morgan fingerprint density at radius 1 is 1.20 bits per heavy atom. The molecule has 1 heterocycles. The Bertz CT molecular complexity index is 599. The molecule has 0 aliphatic carbocycles. The van der Waals surface area contributed by atoms with E-state index in [1.807, 2.05) is 12.1 Å². The lowest BCUT2D eigenvalue weighted by Crippen LogP contribution is -2.01. The first-order valence-corrected chi connectivity index (χ1v) is 7.56. The molecular formula is C16H20N2OS. The normalized spacial score (nSPS) is 10.6. The summed E-state index contributed by atoms with van der Waals surface area (Å²) in [5, 5.41) is 0.900. The highest BCUT2D eigenvalue weighted by Crippen LogP contribution is 2.32. The third-order valence-electron chi connectivity index (χ3n) is 2.85. The molecule has 0 bridgehead atoms. The minimum atomic E-state index is 0.529. The standard InChI is InChI=1S/C16H20N2OS/c1-4-9-19-16-13(17)6-8-15(18-16)20-14-7-5-11(2)10-12(14)3/h5-8,10H,4,9,17H2,1-3H3. The van der Waals surface area contributed by atoms with Gasteiger partial charge < -0.3 is 10.5 Å². The minimum absolute atomic E-state index is 0.529. The number of ether oxygens (including phenoxy) is 1. The Hall–Kier alpha value is -1.68. The molecule has 3 nitrogen and oxygen atoms in total. The van der Waals surface area contributed by atoms with Gasteiger partial charge in [0.25, 0.3) is 0 Å². The fraction of sp³-hybridized carbons (Fsp3) is 0.312. The predicted octanol–water partition coefficient (Wildman–Crippen LogP) is 4.22. The van der Waals surface area contributed by atoms with Gasteiger partial charge in [-0.1, -0.05) is 36.4 Å². The molecule has 0 atom stereocenters. The van der Waals surface area contributed by atoms with E-state index in [2.05, 4.69) is 44.0 Å². The molecule has 0 aliphatic heterocycles. The van der Waals surface area contributed by atoms with Crippen molar-refractivity contribution in [2.75, 3.05) is 12.3 Å². The summed E-state index contributed by atoms with van der Waals surface area (Å²) in [5.74, 6) is 0.529. The van der Waals surface area contributed by atoms with E-state index < -0.39 is 0 Å². The van der Waals surface area contributed by atoms with E-state index in [9.17, 15) is 0 Å². The molecule has 0 saturated carbocycles. The average Bonchev–Trinajstić information content (AvgIpc) is 2.42. The van der Waals surface area contributed by atoms with E-state index in [0.29, 0.717) is 18.2 Å². The van der Waals surface area contributed by atoms with E-state index in [-0.39, 0.29) is 0 Å². The molecule has 2 aromatic rings. The zero-order chi connectivity index (χ0) is 14.5. The largest absolute Gasteiger partial charge is 0.476 e. The molecule has 0 unspecified atom stereocenters. The number of pyridine rings is 1. The first kappa shape index (κ1) is 14.7. The Kier molecular flexibility index (Phi) is 4.90. The molecule has 2 N–H and O–H groups in total. The summed E-state index contributed by atoms with van der Waals surface area (Å²) in [7, 11) is 0. The second-order valence-electron chi connectivity index (χ2n) is 4.76. The average molecular weight is 288 g/mol. The lowest BCUT2D eigenvalue weighted by atomic mass is 10.2. The zero-order valence-corrected chi connectivity index (χ0v) is 13.0. The van der Waals surface area contributed by atoms with Crippen LogP contribution in [0.1, 0.15) is 24.5 Å². The van der Waals surface area contributed by atoms with E-state index in [4.69, 9.17) is 10.5 Å². The molecule has 106 valence electrons. The van der Waals surface area contributed by atoms with E-state index in [1.54, 1.807) is 11.8 Å². The summed E-state index contributed by atoms with van der Waals surface area (Å²) in [5.41, 5.74) is 8.99. The Morgan fingerprint density at radius 3 is 2.70 bits per heavy atom. The summed E-state index contributed by atoms with van der Waals surface area (Å²) >= 11 is 1.63. The van der Waals surface area contributed by atoms with E-state index >= 15 is 0 Å².